The maximum absolute atomic E-state index is 10.8. The molecule has 1 saturated carbocycles. The fraction of sp³-hybridized carbons (Fsp3) is 0.833. The van der Waals surface area contributed by atoms with Gasteiger partial charge in [0.05, 0.1) is 5.66 Å². The normalized spacial score (nSPS) is 27.1. The molecule has 0 spiro atoms. The fourth-order valence-corrected chi connectivity index (χ4v) is 2.25. The topological polar surface area (TPSA) is 74.6 Å². The first kappa shape index (κ1) is 8.91. The number of hydrogen-bond donors (Lipinski definition) is 2. The van der Waals surface area contributed by atoms with Gasteiger partial charge in [0.2, 0.25) is 0 Å². The third-order valence-electron chi connectivity index (χ3n) is 1.93. The van der Waals surface area contributed by atoms with Crippen LogP contribution in [0.5, 0.6) is 0 Å². The molecule has 1 aliphatic rings. The number of carbonyl (C=O) groups is 1. The lowest BCUT2D eigenvalue weighted by atomic mass is 9.99. The second-order valence-corrected chi connectivity index (χ2v) is 4.79. The van der Waals surface area contributed by atoms with Crippen molar-refractivity contribution in [2.75, 3.05) is 0 Å². The Balaban J connectivity index is 2.60. The number of rotatable bonds is 1. The molecule has 1 atom stereocenters. The van der Waals surface area contributed by atoms with Crippen LogP contribution < -0.4 is 0 Å². The molecule has 0 aliphatic heterocycles. The van der Waals surface area contributed by atoms with E-state index in [-0.39, 0.29) is 12.2 Å². The van der Waals surface area contributed by atoms with Gasteiger partial charge in [-0.1, -0.05) is 0 Å². The smallest absolute Gasteiger partial charge is 0.324 e. The summed E-state index contributed by atoms with van der Waals surface area (Å²) in [6.07, 6.45) is 1.64. The second kappa shape index (κ2) is 3.05. The first-order chi connectivity index (χ1) is 5.00. The zero-order valence-electron chi connectivity index (χ0n) is 6.06. The van der Waals surface area contributed by atoms with Gasteiger partial charge in [-0.05, 0) is 12.8 Å². The fourth-order valence-electron chi connectivity index (χ4n) is 1.29. The highest BCUT2D eigenvalue weighted by Gasteiger charge is 2.32. The van der Waals surface area contributed by atoms with E-state index in [0.717, 1.165) is 0 Å². The van der Waals surface area contributed by atoms with Crippen molar-refractivity contribution in [1.82, 2.24) is 0 Å². The Hall–Kier alpha value is -0.180. The molecular formula is C6H11O4P. The lowest BCUT2D eigenvalue weighted by Gasteiger charge is -2.21. The number of hydrogen-bond acceptors (Lipinski definition) is 2. The molecule has 1 rings (SSSR count). The summed E-state index contributed by atoms with van der Waals surface area (Å²) >= 11 is 0. The lowest BCUT2D eigenvalue weighted by molar-refractivity contribution is -0.120. The molecule has 11 heavy (non-hydrogen) atoms. The molecule has 0 aromatic carbocycles. The standard InChI is InChI=1S/C6H11O4P/c7-5-2-1-3-6(4-5)11(8,9)10/h6H,1-4H2,(H2,8,9,10). The summed E-state index contributed by atoms with van der Waals surface area (Å²) in [5.41, 5.74) is -0.705. The SMILES string of the molecule is O=C1CCCC(P(=O)(O)O)C1. The van der Waals surface area contributed by atoms with Crippen LogP contribution in [0, 0.1) is 0 Å². The van der Waals surface area contributed by atoms with Gasteiger partial charge in [0.15, 0.2) is 0 Å². The van der Waals surface area contributed by atoms with Crippen molar-refractivity contribution in [3.8, 4) is 0 Å². The van der Waals surface area contributed by atoms with E-state index in [1.165, 1.54) is 0 Å². The van der Waals surface area contributed by atoms with Crippen LogP contribution in [0.3, 0.4) is 0 Å². The van der Waals surface area contributed by atoms with Crippen LogP contribution in [0.4, 0.5) is 0 Å². The molecule has 5 heteroatoms. The van der Waals surface area contributed by atoms with E-state index in [0.29, 0.717) is 19.3 Å². The van der Waals surface area contributed by atoms with Crippen molar-refractivity contribution in [1.29, 1.82) is 0 Å². The molecule has 1 fully saturated rings. The monoisotopic (exact) mass is 178 g/mol. The van der Waals surface area contributed by atoms with Gasteiger partial charge in [-0.15, -0.1) is 0 Å². The molecule has 2 N–H and O–H groups in total. The van der Waals surface area contributed by atoms with Crippen molar-refractivity contribution in [3.05, 3.63) is 0 Å². The van der Waals surface area contributed by atoms with Crippen LogP contribution in [0.15, 0.2) is 0 Å². The Labute approximate surface area is 64.8 Å². The van der Waals surface area contributed by atoms with E-state index in [1.54, 1.807) is 0 Å². The van der Waals surface area contributed by atoms with E-state index < -0.39 is 13.3 Å². The van der Waals surface area contributed by atoms with Gasteiger partial charge in [-0.2, -0.15) is 0 Å². The Kier molecular flexibility index (Phi) is 2.47. The predicted octanol–water partition coefficient (Wildman–Crippen LogP) is 0.676. The summed E-state index contributed by atoms with van der Waals surface area (Å²) in [4.78, 5) is 28.2. The maximum atomic E-state index is 10.8. The second-order valence-electron chi connectivity index (χ2n) is 2.88. The van der Waals surface area contributed by atoms with Crippen molar-refractivity contribution in [3.63, 3.8) is 0 Å². The minimum atomic E-state index is -4.00. The van der Waals surface area contributed by atoms with Gasteiger partial charge >= 0.3 is 7.60 Å². The van der Waals surface area contributed by atoms with Crippen LogP contribution >= 0.6 is 7.60 Å². The summed E-state index contributed by atoms with van der Waals surface area (Å²) in [5, 5.41) is 0. The Bertz CT molecular complexity index is 207. The van der Waals surface area contributed by atoms with Gasteiger partial charge < -0.3 is 9.79 Å². The van der Waals surface area contributed by atoms with E-state index in [1.807, 2.05) is 0 Å². The highest BCUT2D eigenvalue weighted by molar-refractivity contribution is 7.52. The molecule has 1 unspecified atom stereocenters. The van der Waals surface area contributed by atoms with Crippen molar-refractivity contribution in [2.45, 2.75) is 31.3 Å². The quantitative estimate of drug-likeness (QED) is 0.579. The number of ketones is 1. The zero-order valence-corrected chi connectivity index (χ0v) is 6.96. The Morgan fingerprint density at radius 2 is 2.09 bits per heavy atom. The summed E-state index contributed by atoms with van der Waals surface area (Å²) in [6.45, 7) is 0. The number of carbonyl (C=O) groups excluding carboxylic acids is 1. The van der Waals surface area contributed by atoms with E-state index in [2.05, 4.69) is 0 Å². The van der Waals surface area contributed by atoms with Crippen molar-refractivity contribution in [2.24, 2.45) is 0 Å². The summed E-state index contributed by atoms with van der Waals surface area (Å²) < 4.78 is 10.7. The molecule has 64 valence electrons. The molecular weight excluding hydrogens is 167 g/mol. The Morgan fingerprint density at radius 3 is 2.45 bits per heavy atom. The largest absolute Gasteiger partial charge is 0.329 e. The summed E-state index contributed by atoms with van der Waals surface area (Å²) in [6, 6.07) is 0. The molecule has 0 amide bonds. The minimum absolute atomic E-state index is 0.0235. The first-order valence-electron chi connectivity index (χ1n) is 3.57. The van der Waals surface area contributed by atoms with E-state index >= 15 is 0 Å². The molecule has 0 aromatic heterocycles. The number of Topliss-reactive ketones (excluding diaryl/α,β-unsaturated/α-hetero) is 1. The maximum Gasteiger partial charge on any atom is 0.329 e. The van der Waals surface area contributed by atoms with Gasteiger partial charge in [-0.25, -0.2) is 0 Å². The molecule has 1 aliphatic carbocycles. The first-order valence-corrected chi connectivity index (χ1v) is 5.25. The molecule has 0 saturated heterocycles. The van der Waals surface area contributed by atoms with Crippen molar-refractivity contribution >= 4 is 13.4 Å². The molecule has 0 bridgehead atoms. The average molecular weight is 178 g/mol. The molecule has 0 heterocycles. The van der Waals surface area contributed by atoms with Crippen LogP contribution in [0.2, 0.25) is 0 Å². The average Bonchev–Trinajstić information content (AvgIpc) is 1.86. The Morgan fingerprint density at radius 1 is 1.45 bits per heavy atom. The van der Waals surface area contributed by atoms with Crippen molar-refractivity contribution < 1.29 is 19.1 Å². The van der Waals surface area contributed by atoms with Gasteiger partial charge in [0.25, 0.3) is 0 Å². The van der Waals surface area contributed by atoms with Gasteiger partial charge in [-0.3, -0.25) is 9.36 Å². The minimum Gasteiger partial charge on any atom is -0.324 e. The highest BCUT2D eigenvalue weighted by atomic mass is 31.2. The summed E-state index contributed by atoms with van der Waals surface area (Å²) in [7, 11) is -4.00. The summed E-state index contributed by atoms with van der Waals surface area (Å²) in [5.74, 6) is -0.0235. The molecule has 4 nitrogen and oxygen atoms in total. The highest BCUT2D eigenvalue weighted by Crippen LogP contribution is 2.47. The predicted molar refractivity (Wildman–Crippen MR) is 39.3 cm³/mol. The van der Waals surface area contributed by atoms with E-state index in [4.69, 9.17) is 9.79 Å². The van der Waals surface area contributed by atoms with Gasteiger partial charge in [0.1, 0.15) is 5.78 Å². The third kappa shape index (κ3) is 2.40. The van der Waals surface area contributed by atoms with Crippen LogP contribution in [0.25, 0.3) is 0 Å². The molecule has 0 radical (unpaired) electrons. The van der Waals surface area contributed by atoms with Crippen LogP contribution in [0.1, 0.15) is 25.7 Å². The molecule has 0 aromatic rings. The lowest BCUT2D eigenvalue weighted by Crippen LogP contribution is -2.19. The van der Waals surface area contributed by atoms with Crippen LogP contribution in [-0.4, -0.2) is 21.2 Å². The zero-order chi connectivity index (χ0) is 8.48. The van der Waals surface area contributed by atoms with E-state index in [9.17, 15) is 9.36 Å². The van der Waals surface area contributed by atoms with Crippen LogP contribution in [-0.2, 0) is 9.36 Å². The third-order valence-corrected chi connectivity index (χ3v) is 3.32. The van der Waals surface area contributed by atoms with Gasteiger partial charge in [0, 0.05) is 12.8 Å².